The third kappa shape index (κ3) is 5.74. The van der Waals surface area contributed by atoms with E-state index in [1.165, 1.54) is 24.5 Å². The largest absolute Gasteiger partial charge is 0.496 e. The van der Waals surface area contributed by atoms with E-state index in [0.717, 1.165) is 24.6 Å². The minimum Gasteiger partial charge on any atom is -0.496 e. The molecule has 2 aromatic carbocycles. The van der Waals surface area contributed by atoms with Gasteiger partial charge in [0.2, 0.25) is 0 Å². The number of esters is 1. The first kappa shape index (κ1) is 26.5. The quantitative estimate of drug-likeness (QED) is 0.130. The van der Waals surface area contributed by atoms with Gasteiger partial charge in [0.05, 0.1) is 12.7 Å². The van der Waals surface area contributed by atoms with Crippen LogP contribution in [-0.4, -0.2) is 25.3 Å². The molecule has 2 unspecified atom stereocenters. The van der Waals surface area contributed by atoms with E-state index < -0.39 is 11.6 Å². The van der Waals surface area contributed by atoms with Gasteiger partial charge in [0.1, 0.15) is 29.3 Å². The molecule has 1 saturated carbocycles. The fourth-order valence-corrected chi connectivity index (χ4v) is 5.07. The zero-order chi connectivity index (χ0) is 26.6. The Morgan fingerprint density at radius 1 is 1.08 bits per heavy atom. The van der Waals surface area contributed by atoms with Crippen molar-refractivity contribution in [1.29, 1.82) is 0 Å². The number of ether oxygens (including phenoxy) is 3. The van der Waals surface area contributed by atoms with E-state index in [1.54, 1.807) is 13.2 Å². The number of aryl methyl sites for hydroxylation is 1. The van der Waals surface area contributed by atoms with Crippen LogP contribution in [0.2, 0.25) is 0 Å². The predicted octanol–water partition coefficient (Wildman–Crippen LogP) is 6.87. The van der Waals surface area contributed by atoms with Gasteiger partial charge in [-0.1, -0.05) is 52.3 Å². The van der Waals surface area contributed by atoms with Crippen LogP contribution in [0.5, 0.6) is 11.5 Å². The summed E-state index contributed by atoms with van der Waals surface area (Å²) in [7, 11) is 1.62. The number of hydrogen-bond acceptors (Lipinski definition) is 6. The Kier molecular flexibility index (Phi) is 8.06. The normalized spacial score (nSPS) is 18.5. The summed E-state index contributed by atoms with van der Waals surface area (Å²) >= 11 is 0. The fraction of sp³-hybridized carbons (Fsp3) is 0.419. The number of carbonyl (C=O) groups is 1. The molecule has 37 heavy (non-hydrogen) atoms. The van der Waals surface area contributed by atoms with Crippen molar-refractivity contribution in [2.75, 3.05) is 7.11 Å². The lowest BCUT2D eigenvalue weighted by atomic mass is 9.87. The second-order valence-electron chi connectivity index (χ2n) is 10.3. The van der Waals surface area contributed by atoms with Crippen molar-refractivity contribution in [3.8, 4) is 22.6 Å². The first-order valence-corrected chi connectivity index (χ1v) is 13.0. The number of hydrogen-bond donors (Lipinski definition) is 0. The molecule has 0 aliphatic heterocycles. The minimum absolute atomic E-state index is 0.154. The van der Waals surface area contributed by atoms with Crippen molar-refractivity contribution in [3.05, 3.63) is 71.1 Å². The van der Waals surface area contributed by atoms with Gasteiger partial charge in [0.15, 0.2) is 0 Å². The molecule has 1 aliphatic carbocycles. The van der Waals surface area contributed by atoms with E-state index in [1.807, 2.05) is 44.2 Å². The fourth-order valence-electron chi connectivity index (χ4n) is 5.07. The predicted molar refractivity (Wildman–Crippen MR) is 145 cm³/mol. The molecule has 6 heteroatoms. The topological polar surface area (TPSA) is 75.0 Å². The number of benzene rings is 2. The molecule has 4 rings (SSSR count). The van der Waals surface area contributed by atoms with Crippen LogP contribution in [0, 0.1) is 5.41 Å². The Balaban J connectivity index is 1.57. The molecule has 0 amide bonds. The number of carbonyl (C=O) groups excluding carboxylic acids is 1. The Morgan fingerprint density at radius 3 is 2.59 bits per heavy atom. The lowest BCUT2D eigenvalue weighted by molar-refractivity contribution is -0.148. The summed E-state index contributed by atoms with van der Waals surface area (Å²) in [6, 6.07) is 13.3. The maximum atomic E-state index is 13.0. The van der Waals surface area contributed by atoms with Crippen LogP contribution in [0.3, 0.4) is 0 Å². The average Bonchev–Trinajstić information content (AvgIpc) is 3.16. The smallest absolute Gasteiger partial charge is 0.344 e. The van der Waals surface area contributed by atoms with Crippen LogP contribution in [0.1, 0.15) is 58.4 Å². The second-order valence-corrected chi connectivity index (χ2v) is 10.3. The standard InChI is InChI=1S/C31H36O6/c1-6-8-9-10-20-11-14-23(26(17-20)34-5)24-18-21-12-13-22(19-25(21)36-30(24)33)35-27-15-16-28(31(27,3)4)37-29(32)7-2/h7,11-14,17-19,27-28H,2,6,8-10,15-16H2,1,3-5H3. The van der Waals surface area contributed by atoms with Gasteiger partial charge in [-0.25, -0.2) is 9.59 Å². The summed E-state index contributed by atoms with van der Waals surface area (Å²) in [5.41, 5.74) is 2.01. The molecule has 0 spiro atoms. The van der Waals surface area contributed by atoms with E-state index in [2.05, 4.69) is 19.6 Å². The summed E-state index contributed by atoms with van der Waals surface area (Å²) in [5, 5.41) is 0.791. The van der Waals surface area contributed by atoms with Gasteiger partial charge >= 0.3 is 11.6 Å². The number of unbranched alkanes of at least 4 members (excludes halogenated alkanes) is 2. The average molecular weight is 505 g/mol. The van der Waals surface area contributed by atoms with E-state index in [4.69, 9.17) is 18.6 Å². The van der Waals surface area contributed by atoms with Gasteiger partial charge in [-0.3, -0.25) is 0 Å². The summed E-state index contributed by atoms with van der Waals surface area (Å²) in [6.45, 7) is 9.72. The maximum Gasteiger partial charge on any atom is 0.344 e. The molecular formula is C31H36O6. The Hall–Kier alpha value is -3.54. The highest BCUT2D eigenvalue weighted by Gasteiger charge is 2.47. The van der Waals surface area contributed by atoms with Crippen molar-refractivity contribution in [1.82, 2.24) is 0 Å². The van der Waals surface area contributed by atoms with Gasteiger partial charge in [-0.15, -0.1) is 0 Å². The van der Waals surface area contributed by atoms with Crippen molar-refractivity contribution in [2.24, 2.45) is 5.41 Å². The molecule has 0 bridgehead atoms. The van der Waals surface area contributed by atoms with Crippen molar-refractivity contribution >= 4 is 16.9 Å². The Bertz CT molecular complexity index is 1340. The third-order valence-corrected chi connectivity index (χ3v) is 7.39. The highest BCUT2D eigenvalue weighted by Crippen LogP contribution is 2.42. The van der Waals surface area contributed by atoms with E-state index in [0.29, 0.717) is 34.6 Å². The number of fused-ring (bicyclic) bond motifs is 1. The van der Waals surface area contributed by atoms with E-state index in [9.17, 15) is 9.59 Å². The minimum atomic E-state index is -0.431. The lowest BCUT2D eigenvalue weighted by Gasteiger charge is -2.32. The molecule has 0 N–H and O–H groups in total. The molecule has 2 atom stereocenters. The molecular weight excluding hydrogens is 468 g/mol. The molecule has 0 saturated heterocycles. The summed E-state index contributed by atoms with van der Waals surface area (Å²) in [4.78, 5) is 24.7. The zero-order valence-corrected chi connectivity index (χ0v) is 22.2. The monoisotopic (exact) mass is 504 g/mol. The van der Waals surface area contributed by atoms with Gasteiger partial charge < -0.3 is 18.6 Å². The second kappa shape index (κ2) is 11.2. The van der Waals surface area contributed by atoms with E-state index >= 15 is 0 Å². The first-order valence-electron chi connectivity index (χ1n) is 13.0. The van der Waals surface area contributed by atoms with Crippen molar-refractivity contribution in [3.63, 3.8) is 0 Å². The van der Waals surface area contributed by atoms with Crippen LogP contribution in [-0.2, 0) is 16.0 Å². The van der Waals surface area contributed by atoms with Crippen LogP contribution in [0.25, 0.3) is 22.1 Å². The van der Waals surface area contributed by atoms with Gasteiger partial charge in [-0.2, -0.15) is 0 Å². The maximum absolute atomic E-state index is 13.0. The molecule has 6 nitrogen and oxygen atoms in total. The lowest BCUT2D eigenvalue weighted by Crippen LogP contribution is -2.38. The first-order chi connectivity index (χ1) is 17.8. The van der Waals surface area contributed by atoms with Crippen molar-refractivity contribution < 1.29 is 23.4 Å². The molecule has 1 aromatic heterocycles. The van der Waals surface area contributed by atoms with Crippen LogP contribution >= 0.6 is 0 Å². The summed E-state index contributed by atoms with van der Waals surface area (Å²) in [6.07, 6.45) is 6.70. The summed E-state index contributed by atoms with van der Waals surface area (Å²) in [5.74, 6) is 0.840. The van der Waals surface area contributed by atoms with Crippen LogP contribution in [0.15, 0.2) is 64.3 Å². The molecule has 196 valence electrons. The van der Waals surface area contributed by atoms with E-state index in [-0.39, 0.29) is 17.6 Å². The van der Waals surface area contributed by atoms with Crippen LogP contribution in [0.4, 0.5) is 0 Å². The molecule has 0 radical (unpaired) electrons. The van der Waals surface area contributed by atoms with Crippen molar-refractivity contribution in [2.45, 2.75) is 71.5 Å². The highest BCUT2D eigenvalue weighted by atomic mass is 16.5. The number of methoxy groups -OCH3 is 1. The zero-order valence-electron chi connectivity index (χ0n) is 22.2. The number of rotatable bonds is 10. The third-order valence-electron chi connectivity index (χ3n) is 7.39. The van der Waals surface area contributed by atoms with Gasteiger partial charge in [-0.05, 0) is 55.5 Å². The Morgan fingerprint density at radius 2 is 1.86 bits per heavy atom. The SMILES string of the molecule is C=CC(=O)OC1CCC(Oc2ccc3cc(-c4ccc(CCCCC)cc4OC)c(=O)oc3c2)C1(C)C. The summed E-state index contributed by atoms with van der Waals surface area (Å²) < 4.78 is 23.2. The molecule has 1 aliphatic rings. The molecule has 1 fully saturated rings. The van der Waals surface area contributed by atoms with Gasteiger partial charge in [0, 0.05) is 28.5 Å². The Labute approximate surface area is 218 Å². The van der Waals surface area contributed by atoms with Gasteiger partial charge in [0.25, 0.3) is 0 Å². The highest BCUT2D eigenvalue weighted by molar-refractivity contribution is 5.84. The van der Waals surface area contributed by atoms with Crippen LogP contribution < -0.4 is 15.1 Å². The molecule has 1 heterocycles. The molecule has 3 aromatic rings.